The highest BCUT2D eigenvalue weighted by Gasteiger charge is 2.38. The van der Waals surface area contributed by atoms with Gasteiger partial charge in [-0.3, -0.25) is 9.36 Å². The van der Waals surface area contributed by atoms with E-state index in [9.17, 15) is 13.5 Å². The SMILES string of the molecule is Cc1nn(C)c(C)c1S(=O)(=O)NC(c1cnn(C)c1)C1CC(O)C1. The van der Waals surface area contributed by atoms with Crippen molar-refractivity contribution in [1.29, 1.82) is 0 Å². The lowest BCUT2D eigenvalue weighted by molar-refractivity contribution is 0.0280. The molecule has 1 fully saturated rings. The number of sulfonamides is 1. The molecule has 0 spiro atoms. The van der Waals surface area contributed by atoms with Crippen LogP contribution in [0.15, 0.2) is 17.3 Å². The zero-order valence-electron chi connectivity index (χ0n) is 14.3. The number of aromatic nitrogens is 4. The van der Waals surface area contributed by atoms with Gasteiger partial charge in [-0.15, -0.1) is 0 Å². The predicted octanol–water partition coefficient (Wildman–Crippen LogP) is 0.561. The minimum absolute atomic E-state index is 0.0521. The maximum Gasteiger partial charge on any atom is 0.244 e. The van der Waals surface area contributed by atoms with Crippen molar-refractivity contribution in [2.45, 2.75) is 43.7 Å². The van der Waals surface area contributed by atoms with Crippen molar-refractivity contribution in [2.75, 3.05) is 0 Å². The summed E-state index contributed by atoms with van der Waals surface area (Å²) in [6, 6.07) is -0.411. The van der Waals surface area contributed by atoms with E-state index in [1.54, 1.807) is 49.7 Å². The summed E-state index contributed by atoms with van der Waals surface area (Å²) in [5, 5.41) is 18.0. The van der Waals surface area contributed by atoms with Crippen LogP contribution < -0.4 is 4.72 Å². The largest absolute Gasteiger partial charge is 0.393 e. The Bertz CT molecular complexity index is 849. The summed E-state index contributed by atoms with van der Waals surface area (Å²) in [5.41, 5.74) is 1.87. The molecule has 1 atom stereocenters. The lowest BCUT2D eigenvalue weighted by Gasteiger charge is -2.37. The van der Waals surface area contributed by atoms with E-state index in [-0.39, 0.29) is 16.9 Å². The lowest BCUT2D eigenvalue weighted by atomic mass is 9.76. The zero-order chi connectivity index (χ0) is 17.6. The first-order valence-corrected chi connectivity index (χ1v) is 9.36. The second-order valence-corrected chi connectivity index (χ2v) is 8.21. The molecule has 1 saturated carbocycles. The molecule has 24 heavy (non-hydrogen) atoms. The zero-order valence-corrected chi connectivity index (χ0v) is 15.1. The maximum absolute atomic E-state index is 12.9. The van der Waals surface area contributed by atoms with Crippen LogP contribution in [0, 0.1) is 19.8 Å². The Morgan fingerprint density at radius 1 is 1.33 bits per heavy atom. The number of hydrogen-bond acceptors (Lipinski definition) is 5. The fourth-order valence-electron chi connectivity index (χ4n) is 3.31. The fraction of sp³-hybridized carbons (Fsp3) is 0.600. The minimum Gasteiger partial charge on any atom is -0.393 e. The lowest BCUT2D eigenvalue weighted by Crippen LogP contribution is -2.41. The van der Waals surface area contributed by atoms with Gasteiger partial charge in [-0.25, -0.2) is 13.1 Å². The highest BCUT2D eigenvalue weighted by Crippen LogP contribution is 2.39. The Morgan fingerprint density at radius 3 is 2.46 bits per heavy atom. The van der Waals surface area contributed by atoms with Crippen LogP contribution in [0.1, 0.15) is 35.8 Å². The monoisotopic (exact) mass is 353 g/mol. The van der Waals surface area contributed by atoms with Gasteiger partial charge in [-0.2, -0.15) is 10.2 Å². The van der Waals surface area contributed by atoms with E-state index in [1.807, 2.05) is 0 Å². The number of nitrogens with zero attached hydrogens (tertiary/aromatic N) is 4. The first-order valence-electron chi connectivity index (χ1n) is 7.88. The third kappa shape index (κ3) is 2.99. The van der Waals surface area contributed by atoms with E-state index in [4.69, 9.17) is 0 Å². The maximum atomic E-state index is 12.9. The van der Waals surface area contributed by atoms with Crippen molar-refractivity contribution in [1.82, 2.24) is 24.3 Å². The molecule has 1 unspecified atom stereocenters. The van der Waals surface area contributed by atoms with E-state index >= 15 is 0 Å². The molecular formula is C15H23N5O3S. The Morgan fingerprint density at radius 2 is 2.00 bits per heavy atom. The molecule has 2 aromatic rings. The molecular weight excluding hydrogens is 330 g/mol. The van der Waals surface area contributed by atoms with Crippen LogP contribution in [-0.4, -0.2) is 39.2 Å². The van der Waals surface area contributed by atoms with Crippen molar-refractivity contribution in [3.63, 3.8) is 0 Å². The van der Waals surface area contributed by atoms with Gasteiger partial charge in [-0.05, 0) is 32.6 Å². The van der Waals surface area contributed by atoms with E-state index < -0.39 is 16.1 Å². The average molecular weight is 353 g/mol. The van der Waals surface area contributed by atoms with Crippen LogP contribution >= 0.6 is 0 Å². The van der Waals surface area contributed by atoms with Gasteiger partial charge >= 0.3 is 0 Å². The standard InChI is InChI=1S/C15H23N5O3S/c1-9-15(10(2)20(4)17-9)24(22,23)18-14(11-5-13(21)6-11)12-7-16-19(3)8-12/h7-8,11,13-14,18,21H,5-6H2,1-4H3. The molecule has 1 aliphatic rings. The first-order chi connectivity index (χ1) is 11.2. The van der Waals surface area contributed by atoms with Crippen LogP contribution in [0.5, 0.6) is 0 Å². The van der Waals surface area contributed by atoms with Crippen LogP contribution in [0.4, 0.5) is 0 Å². The number of aryl methyl sites for hydroxylation is 3. The first kappa shape index (κ1) is 17.1. The van der Waals surface area contributed by atoms with E-state index in [0.717, 1.165) is 5.56 Å². The molecule has 0 aromatic carbocycles. The topological polar surface area (TPSA) is 102 Å². The van der Waals surface area contributed by atoms with Crippen molar-refractivity contribution in [3.8, 4) is 0 Å². The highest BCUT2D eigenvalue weighted by atomic mass is 32.2. The average Bonchev–Trinajstić information content (AvgIpc) is 2.97. The quantitative estimate of drug-likeness (QED) is 0.818. The predicted molar refractivity (Wildman–Crippen MR) is 87.7 cm³/mol. The minimum atomic E-state index is -3.73. The van der Waals surface area contributed by atoms with Crippen molar-refractivity contribution in [2.24, 2.45) is 20.0 Å². The summed E-state index contributed by atoms with van der Waals surface area (Å²) in [6.07, 6.45) is 4.27. The number of nitrogens with one attached hydrogen (secondary N) is 1. The number of aliphatic hydroxyl groups is 1. The van der Waals surface area contributed by atoms with Gasteiger partial charge in [0.25, 0.3) is 0 Å². The number of aliphatic hydroxyl groups excluding tert-OH is 1. The molecule has 0 aliphatic heterocycles. The Labute approximate surface area is 141 Å². The summed E-state index contributed by atoms with van der Waals surface area (Å²) < 4.78 is 31.9. The highest BCUT2D eigenvalue weighted by molar-refractivity contribution is 7.89. The van der Waals surface area contributed by atoms with Crippen LogP contribution in [-0.2, 0) is 24.1 Å². The van der Waals surface area contributed by atoms with Gasteiger partial charge in [0.2, 0.25) is 10.0 Å². The van der Waals surface area contributed by atoms with Crippen LogP contribution in [0.2, 0.25) is 0 Å². The number of hydrogen-bond donors (Lipinski definition) is 2. The molecule has 8 nitrogen and oxygen atoms in total. The molecule has 0 bridgehead atoms. The summed E-state index contributed by atoms with van der Waals surface area (Å²) >= 11 is 0. The summed E-state index contributed by atoms with van der Waals surface area (Å²) in [6.45, 7) is 3.43. The van der Waals surface area contributed by atoms with Crippen molar-refractivity contribution < 1.29 is 13.5 Å². The molecule has 1 aliphatic carbocycles. The second kappa shape index (κ2) is 5.98. The third-order valence-corrected chi connectivity index (χ3v) is 6.39. The van der Waals surface area contributed by atoms with Gasteiger partial charge in [0.05, 0.1) is 29.7 Å². The molecule has 2 N–H and O–H groups in total. The molecule has 9 heteroatoms. The molecule has 0 saturated heterocycles. The van der Waals surface area contributed by atoms with E-state index in [1.165, 1.54) is 0 Å². The third-order valence-electron chi connectivity index (χ3n) is 4.70. The van der Waals surface area contributed by atoms with E-state index in [2.05, 4.69) is 14.9 Å². The normalized spacial score (nSPS) is 22.4. The number of rotatable bonds is 5. The molecule has 2 aromatic heterocycles. The smallest absolute Gasteiger partial charge is 0.244 e. The fourth-order valence-corrected chi connectivity index (χ4v) is 5.04. The molecule has 2 heterocycles. The summed E-state index contributed by atoms with van der Waals surface area (Å²) in [5.74, 6) is 0.0521. The van der Waals surface area contributed by atoms with Gasteiger partial charge in [0.1, 0.15) is 4.90 Å². The molecule has 0 radical (unpaired) electrons. The van der Waals surface area contributed by atoms with Gasteiger partial charge in [0, 0.05) is 25.9 Å². The van der Waals surface area contributed by atoms with Crippen LogP contribution in [0.25, 0.3) is 0 Å². The van der Waals surface area contributed by atoms with Gasteiger partial charge in [-0.1, -0.05) is 0 Å². The van der Waals surface area contributed by atoms with E-state index in [0.29, 0.717) is 24.2 Å². The Hall–Kier alpha value is -1.71. The van der Waals surface area contributed by atoms with Crippen LogP contribution in [0.3, 0.4) is 0 Å². The summed E-state index contributed by atoms with van der Waals surface area (Å²) in [4.78, 5) is 0.221. The van der Waals surface area contributed by atoms with Gasteiger partial charge < -0.3 is 5.11 Å². The van der Waals surface area contributed by atoms with Crippen molar-refractivity contribution in [3.05, 3.63) is 29.3 Å². The molecule has 3 rings (SSSR count). The Kier molecular flexibility index (Phi) is 4.27. The van der Waals surface area contributed by atoms with Gasteiger partial charge in [0.15, 0.2) is 0 Å². The Balaban J connectivity index is 1.94. The second-order valence-electron chi connectivity index (χ2n) is 6.56. The molecule has 132 valence electrons. The molecule has 0 amide bonds. The van der Waals surface area contributed by atoms with Crippen molar-refractivity contribution >= 4 is 10.0 Å². The summed E-state index contributed by atoms with van der Waals surface area (Å²) in [7, 11) is -0.213.